The van der Waals surface area contributed by atoms with E-state index in [0.717, 1.165) is 0 Å². The van der Waals surface area contributed by atoms with Gasteiger partial charge in [0.15, 0.2) is 0 Å². The molecule has 6 nitrogen and oxygen atoms in total. The highest BCUT2D eigenvalue weighted by molar-refractivity contribution is 6.16. The molecule has 0 saturated heterocycles. The Bertz CT molecular complexity index is 336. The largest absolute Gasteiger partial charge is 0.407 e. The van der Waals surface area contributed by atoms with Crippen molar-refractivity contribution in [3.8, 4) is 0 Å². The highest BCUT2D eigenvalue weighted by Gasteiger charge is 2.26. The third-order valence-corrected chi connectivity index (χ3v) is 1.85. The van der Waals surface area contributed by atoms with E-state index in [0.29, 0.717) is 0 Å². The first kappa shape index (κ1) is 10.8. The van der Waals surface area contributed by atoms with Crippen LogP contribution in [-0.4, -0.2) is 21.6 Å². The Morgan fingerprint density at radius 3 is 2.71 bits per heavy atom. The van der Waals surface area contributed by atoms with Crippen LogP contribution in [0.2, 0.25) is 0 Å². The van der Waals surface area contributed by atoms with Crippen LogP contribution >= 0.6 is 11.6 Å². The molecule has 0 unspecified atom stereocenters. The Morgan fingerprint density at radius 1 is 1.64 bits per heavy atom. The van der Waals surface area contributed by atoms with Gasteiger partial charge >= 0.3 is 6.01 Å². The third kappa shape index (κ3) is 2.35. The first-order valence-electron chi connectivity index (χ1n) is 3.92. The van der Waals surface area contributed by atoms with E-state index >= 15 is 0 Å². The van der Waals surface area contributed by atoms with Gasteiger partial charge in [-0.15, -0.1) is 16.7 Å². The van der Waals surface area contributed by atoms with Crippen LogP contribution in [0.5, 0.6) is 0 Å². The molecule has 0 aliphatic rings. The summed E-state index contributed by atoms with van der Waals surface area (Å²) < 4.78 is 5.05. The van der Waals surface area contributed by atoms with Crippen molar-refractivity contribution in [3.05, 3.63) is 5.89 Å². The van der Waals surface area contributed by atoms with Crippen molar-refractivity contribution < 1.29 is 9.21 Å². The van der Waals surface area contributed by atoms with Crippen LogP contribution in [-0.2, 0) is 10.7 Å². The zero-order valence-electron chi connectivity index (χ0n) is 7.87. The predicted octanol–water partition coefficient (Wildman–Crippen LogP) is 0.484. The van der Waals surface area contributed by atoms with Crippen LogP contribution in [0.25, 0.3) is 0 Å². The molecule has 1 aromatic heterocycles. The van der Waals surface area contributed by atoms with E-state index in [9.17, 15) is 4.79 Å². The molecule has 0 aromatic carbocycles. The van der Waals surface area contributed by atoms with Gasteiger partial charge < -0.3 is 15.5 Å². The minimum Gasteiger partial charge on any atom is -0.407 e. The van der Waals surface area contributed by atoms with Crippen LogP contribution in [0, 0.1) is 0 Å². The quantitative estimate of drug-likeness (QED) is 0.717. The number of alkyl halides is 1. The number of rotatable bonds is 4. The third-order valence-electron chi connectivity index (χ3n) is 1.62. The number of primary amides is 1. The molecule has 0 fully saturated rings. The van der Waals surface area contributed by atoms with Crippen molar-refractivity contribution in [1.29, 1.82) is 0 Å². The summed E-state index contributed by atoms with van der Waals surface area (Å²) in [6.07, 6.45) is 0. The van der Waals surface area contributed by atoms with Crippen LogP contribution in [0.15, 0.2) is 4.42 Å². The number of nitrogens with one attached hydrogen (secondary N) is 1. The maximum Gasteiger partial charge on any atom is 0.316 e. The van der Waals surface area contributed by atoms with Crippen LogP contribution < -0.4 is 11.1 Å². The molecule has 78 valence electrons. The SMILES string of the molecule is CC(C)(Nc1nnc(CCl)o1)C(N)=O. The standard InChI is InChI=1S/C7H11ClN4O2/c1-7(2,5(9)13)10-6-12-11-4(3-8)14-6/h3H2,1-2H3,(H2,9,13)(H,10,12). The molecule has 1 rings (SSSR count). The van der Waals surface area contributed by atoms with Gasteiger partial charge in [0.2, 0.25) is 11.8 Å². The zero-order valence-corrected chi connectivity index (χ0v) is 8.63. The summed E-state index contributed by atoms with van der Waals surface area (Å²) in [6.45, 7) is 3.22. The molecule has 1 heterocycles. The predicted molar refractivity (Wildman–Crippen MR) is 50.8 cm³/mol. The Labute approximate surface area is 85.8 Å². The van der Waals surface area contributed by atoms with E-state index in [1.54, 1.807) is 13.8 Å². The smallest absolute Gasteiger partial charge is 0.316 e. The Morgan fingerprint density at radius 2 is 2.29 bits per heavy atom. The highest BCUT2D eigenvalue weighted by Crippen LogP contribution is 2.13. The molecule has 0 atom stereocenters. The average molecular weight is 219 g/mol. The minimum atomic E-state index is -0.934. The summed E-state index contributed by atoms with van der Waals surface area (Å²) >= 11 is 5.46. The van der Waals surface area contributed by atoms with Gasteiger partial charge in [0.25, 0.3) is 0 Å². The van der Waals surface area contributed by atoms with Crippen molar-refractivity contribution in [2.24, 2.45) is 5.73 Å². The van der Waals surface area contributed by atoms with E-state index in [1.165, 1.54) is 0 Å². The van der Waals surface area contributed by atoms with E-state index in [2.05, 4.69) is 15.5 Å². The van der Waals surface area contributed by atoms with E-state index in [-0.39, 0.29) is 17.8 Å². The molecule has 0 aliphatic carbocycles. The number of hydrogen-bond acceptors (Lipinski definition) is 5. The van der Waals surface area contributed by atoms with Crippen LogP contribution in [0.1, 0.15) is 19.7 Å². The maximum absolute atomic E-state index is 10.9. The summed E-state index contributed by atoms with van der Waals surface area (Å²) in [4.78, 5) is 10.9. The summed E-state index contributed by atoms with van der Waals surface area (Å²) in [5.41, 5.74) is 4.21. The Kier molecular flexibility index (Phi) is 2.95. The summed E-state index contributed by atoms with van der Waals surface area (Å²) in [5.74, 6) is -0.0938. The van der Waals surface area contributed by atoms with Crippen LogP contribution in [0.3, 0.4) is 0 Å². The molecule has 0 bridgehead atoms. The fourth-order valence-corrected chi connectivity index (χ4v) is 0.795. The number of aromatic nitrogens is 2. The lowest BCUT2D eigenvalue weighted by molar-refractivity contribution is -0.121. The fourth-order valence-electron chi connectivity index (χ4n) is 0.687. The molecule has 14 heavy (non-hydrogen) atoms. The average Bonchev–Trinajstić information content (AvgIpc) is 2.51. The minimum absolute atomic E-state index is 0.129. The molecule has 0 saturated carbocycles. The molecule has 1 amide bonds. The number of nitrogens with zero attached hydrogens (tertiary/aromatic N) is 2. The number of carbonyl (C=O) groups excluding carboxylic acids is 1. The van der Waals surface area contributed by atoms with Crippen molar-refractivity contribution >= 4 is 23.5 Å². The maximum atomic E-state index is 10.9. The monoisotopic (exact) mass is 218 g/mol. The summed E-state index contributed by atoms with van der Waals surface area (Å²) in [6, 6.07) is 0.129. The van der Waals surface area contributed by atoms with E-state index in [1.807, 2.05) is 0 Å². The first-order chi connectivity index (χ1) is 6.45. The van der Waals surface area contributed by atoms with Crippen LogP contribution in [0.4, 0.5) is 6.01 Å². The molecular weight excluding hydrogens is 208 g/mol. The van der Waals surface area contributed by atoms with Crippen molar-refractivity contribution in [2.45, 2.75) is 25.3 Å². The normalized spacial score (nSPS) is 11.4. The number of nitrogens with two attached hydrogens (primary N) is 1. The molecule has 3 N–H and O–H groups in total. The lowest BCUT2D eigenvalue weighted by Gasteiger charge is -2.20. The van der Waals surface area contributed by atoms with E-state index < -0.39 is 11.4 Å². The second-order valence-corrected chi connectivity index (χ2v) is 3.52. The van der Waals surface area contributed by atoms with Gasteiger partial charge in [-0.1, -0.05) is 5.10 Å². The van der Waals surface area contributed by atoms with Gasteiger partial charge in [0.1, 0.15) is 11.4 Å². The topological polar surface area (TPSA) is 94.0 Å². The molecule has 0 radical (unpaired) electrons. The molecule has 0 aliphatic heterocycles. The number of anilines is 1. The van der Waals surface area contributed by atoms with Gasteiger partial charge in [-0.05, 0) is 13.8 Å². The zero-order chi connectivity index (χ0) is 10.8. The van der Waals surface area contributed by atoms with Gasteiger partial charge in [-0.2, -0.15) is 0 Å². The van der Waals surface area contributed by atoms with Gasteiger partial charge in [-0.25, -0.2) is 0 Å². The van der Waals surface area contributed by atoms with Crippen molar-refractivity contribution in [1.82, 2.24) is 10.2 Å². The second kappa shape index (κ2) is 3.83. The first-order valence-corrected chi connectivity index (χ1v) is 4.45. The van der Waals surface area contributed by atoms with Crippen molar-refractivity contribution in [2.75, 3.05) is 5.32 Å². The van der Waals surface area contributed by atoms with Gasteiger partial charge in [-0.3, -0.25) is 4.79 Å². The molecular formula is C7H11ClN4O2. The Balaban J connectivity index is 2.73. The van der Waals surface area contributed by atoms with E-state index in [4.69, 9.17) is 21.8 Å². The van der Waals surface area contributed by atoms with Gasteiger partial charge in [0, 0.05) is 0 Å². The van der Waals surface area contributed by atoms with Crippen molar-refractivity contribution in [3.63, 3.8) is 0 Å². The highest BCUT2D eigenvalue weighted by atomic mass is 35.5. The molecule has 0 spiro atoms. The molecule has 7 heteroatoms. The Hall–Kier alpha value is -1.30. The summed E-state index contributed by atoms with van der Waals surface area (Å²) in [7, 11) is 0. The lowest BCUT2D eigenvalue weighted by Crippen LogP contribution is -2.45. The second-order valence-electron chi connectivity index (χ2n) is 3.25. The molecule has 1 aromatic rings. The van der Waals surface area contributed by atoms with Gasteiger partial charge in [0.05, 0.1) is 0 Å². The number of amides is 1. The lowest BCUT2D eigenvalue weighted by atomic mass is 10.1. The fraction of sp³-hybridized carbons (Fsp3) is 0.571. The number of carbonyl (C=O) groups is 1. The summed E-state index contributed by atoms with van der Waals surface area (Å²) in [5, 5.41) is 9.95. The number of hydrogen-bond donors (Lipinski definition) is 2. The number of halogens is 1.